The molecule has 0 aliphatic carbocycles. The summed E-state index contributed by atoms with van der Waals surface area (Å²) in [4.78, 5) is 0. The molecule has 0 bridgehead atoms. The predicted molar refractivity (Wildman–Crippen MR) is 191 cm³/mol. The third-order valence-corrected chi connectivity index (χ3v) is 11.4. The van der Waals surface area contributed by atoms with Gasteiger partial charge in [-0.1, -0.05) is 97.9 Å². The molecule has 9 rings (SSSR count). The Labute approximate surface area is 267 Å². The number of thiophene rings is 1. The highest BCUT2D eigenvalue weighted by atomic mass is 32.1. The molecule has 3 heterocycles. The van der Waals surface area contributed by atoms with E-state index in [9.17, 15) is 0 Å². The lowest BCUT2D eigenvalue weighted by Gasteiger charge is -2.36. The molecule has 0 saturated heterocycles. The van der Waals surface area contributed by atoms with Gasteiger partial charge in [0, 0.05) is 43.5 Å². The first-order valence-electron chi connectivity index (χ1n) is 15.8. The average molecular weight is 598 g/mol. The third-order valence-electron chi connectivity index (χ3n) is 10.2. The van der Waals surface area contributed by atoms with E-state index in [-0.39, 0.29) is 11.5 Å². The Morgan fingerprint density at radius 2 is 1.49 bits per heavy atom. The Kier molecular flexibility index (Phi) is 5.73. The summed E-state index contributed by atoms with van der Waals surface area (Å²) in [6, 6.07) is 47.0. The van der Waals surface area contributed by atoms with E-state index >= 15 is 0 Å². The van der Waals surface area contributed by atoms with E-state index in [1.807, 2.05) is 11.3 Å². The second kappa shape index (κ2) is 9.76. The number of hydrogen-bond donors (Lipinski definition) is 0. The lowest BCUT2D eigenvalue weighted by molar-refractivity contribution is -0.736. The van der Waals surface area contributed by atoms with Gasteiger partial charge in [-0.05, 0) is 65.9 Å². The van der Waals surface area contributed by atoms with Crippen molar-refractivity contribution in [1.29, 1.82) is 0 Å². The summed E-state index contributed by atoms with van der Waals surface area (Å²) >= 11 is 1.90. The maximum atomic E-state index is 4.33. The van der Waals surface area contributed by atoms with Crippen LogP contribution in [0.3, 0.4) is 0 Å². The molecule has 1 aliphatic rings. The van der Waals surface area contributed by atoms with Gasteiger partial charge in [0.2, 0.25) is 0 Å². The maximum Gasteiger partial charge on any atom is 0.295 e. The Bertz CT molecular complexity index is 2460. The van der Waals surface area contributed by atoms with Crippen LogP contribution in [-0.2, 0) is 12.0 Å². The highest BCUT2D eigenvalue weighted by Crippen LogP contribution is 2.46. The van der Waals surface area contributed by atoms with Crippen LogP contribution >= 0.6 is 11.3 Å². The molecule has 0 saturated carbocycles. The van der Waals surface area contributed by atoms with Gasteiger partial charge in [-0.25, -0.2) is 4.57 Å². The van der Waals surface area contributed by atoms with Gasteiger partial charge >= 0.3 is 0 Å². The molecule has 0 amide bonds. The normalized spacial score (nSPS) is 16.7. The van der Waals surface area contributed by atoms with Crippen LogP contribution < -0.4 is 4.57 Å². The minimum absolute atomic E-state index is 0.231. The molecular formula is C42H33N2S+. The summed E-state index contributed by atoms with van der Waals surface area (Å²) in [5.41, 5.74) is 8.60. The molecule has 0 spiro atoms. The number of rotatable bonds is 4. The molecule has 2 aromatic heterocycles. The second-order valence-electron chi connectivity index (χ2n) is 12.7. The molecule has 8 aromatic rings. The predicted octanol–water partition coefficient (Wildman–Crippen LogP) is 10.9. The van der Waals surface area contributed by atoms with Crippen molar-refractivity contribution in [2.45, 2.75) is 25.8 Å². The molecule has 2 nitrogen and oxygen atoms in total. The summed E-state index contributed by atoms with van der Waals surface area (Å²) in [5, 5.41) is 5.20. The summed E-state index contributed by atoms with van der Waals surface area (Å²) < 4.78 is 7.93. The maximum absolute atomic E-state index is 4.33. The number of aromatic nitrogens is 2. The van der Waals surface area contributed by atoms with Crippen molar-refractivity contribution in [1.82, 2.24) is 4.57 Å². The zero-order valence-corrected chi connectivity index (χ0v) is 26.3. The largest absolute Gasteiger partial charge is 0.295 e. The Morgan fingerprint density at radius 1 is 0.756 bits per heavy atom. The van der Waals surface area contributed by atoms with Crippen molar-refractivity contribution in [2.24, 2.45) is 5.92 Å². The number of nitrogens with zero attached hydrogens (tertiary/aromatic N) is 2. The minimum atomic E-state index is -0.232. The zero-order valence-electron chi connectivity index (χ0n) is 25.5. The Morgan fingerprint density at radius 3 is 2.33 bits per heavy atom. The fraction of sp³-hybridized carbons (Fsp3) is 0.119. The minimum Gasteiger partial charge on any atom is -0.216 e. The van der Waals surface area contributed by atoms with Crippen LogP contribution in [0.15, 0.2) is 140 Å². The first-order valence-corrected chi connectivity index (χ1v) is 16.6. The van der Waals surface area contributed by atoms with Crippen molar-refractivity contribution in [3.8, 4) is 28.2 Å². The molecular weight excluding hydrogens is 565 g/mol. The zero-order chi connectivity index (χ0) is 30.3. The molecule has 1 aliphatic heterocycles. The Balaban J connectivity index is 1.51. The van der Waals surface area contributed by atoms with Crippen molar-refractivity contribution in [3.63, 3.8) is 0 Å². The first-order chi connectivity index (χ1) is 22.1. The van der Waals surface area contributed by atoms with Crippen LogP contribution in [0.5, 0.6) is 0 Å². The van der Waals surface area contributed by atoms with Crippen LogP contribution in [-0.4, -0.2) is 4.57 Å². The van der Waals surface area contributed by atoms with Gasteiger partial charge in [0.25, 0.3) is 5.82 Å². The number of imidazole rings is 1. The van der Waals surface area contributed by atoms with Crippen LogP contribution in [0.4, 0.5) is 0 Å². The quantitative estimate of drug-likeness (QED) is 0.141. The van der Waals surface area contributed by atoms with E-state index in [4.69, 9.17) is 0 Å². The molecule has 45 heavy (non-hydrogen) atoms. The average Bonchev–Trinajstić information content (AvgIpc) is 3.64. The number of hydrogen-bond acceptors (Lipinski definition) is 1. The smallest absolute Gasteiger partial charge is 0.216 e. The van der Waals surface area contributed by atoms with Gasteiger partial charge in [-0.2, -0.15) is 4.57 Å². The molecule has 6 aromatic carbocycles. The number of allylic oxidation sites excluding steroid dienone is 1. The van der Waals surface area contributed by atoms with E-state index < -0.39 is 0 Å². The lowest BCUT2D eigenvalue weighted by Crippen LogP contribution is -2.61. The highest BCUT2D eigenvalue weighted by Gasteiger charge is 2.48. The van der Waals surface area contributed by atoms with Crippen LogP contribution in [0, 0.1) is 5.92 Å². The van der Waals surface area contributed by atoms with E-state index in [0.717, 1.165) is 6.42 Å². The van der Waals surface area contributed by atoms with Gasteiger partial charge in [0.05, 0.1) is 5.56 Å². The van der Waals surface area contributed by atoms with E-state index in [2.05, 4.69) is 163 Å². The van der Waals surface area contributed by atoms with Gasteiger partial charge < -0.3 is 0 Å². The van der Waals surface area contributed by atoms with Crippen LogP contribution in [0.25, 0.3) is 70.2 Å². The van der Waals surface area contributed by atoms with Crippen LogP contribution in [0.2, 0.25) is 0 Å². The van der Waals surface area contributed by atoms with Crippen LogP contribution in [0.1, 0.15) is 19.4 Å². The van der Waals surface area contributed by atoms with Gasteiger partial charge in [-0.3, -0.25) is 0 Å². The summed E-state index contributed by atoms with van der Waals surface area (Å²) in [7, 11) is 0. The SMILES string of the molecule is C=CC(C)C1(C)Cc2cc3sc4ccccc4c3cc2-c2n(-c3ccccc3-c3ccccc3)c3ccc4ccccc4c3[n+]21. The summed E-state index contributed by atoms with van der Waals surface area (Å²) in [6.07, 6.45) is 3.08. The van der Waals surface area contributed by atoms with Crippen molar-refractivity contribution in [2.75, 3.05) is 0 Å². The lowest BCUT2D eigenvalue weighted by atomic mass is 9.77. The van der Waals surface area contributed by atoms with Crippen molar-refractivity contribution >= 4 is 53.3 Å². The van der Waals surface area contributed by atoms with Crippen molar-refractivity contribution in [3.05, 3.63) is 146 Å². The fourth-order valence-electron chi connectivity index (χ4n) is 7.74. The van der Waals surface area contributed by atoms with Gasteiger partial charge in [0.15, 0.2) is 11.0 Å². The molecule has 216 valence electrons. The highest BCUT2D eigenvalue weighted by molar-refractivity contribution is 7.25. The Hall–Kier alpha value is -4.99. The molecule has 2 unspecified atom stereocenters. The summed E-state index contributed by atoms with van der Waals surface area (Å²) in [6.45, 7) is 9.10. The molecule has 0 radical (unpaired) electrons. The van der Waals surface area contributed by atoms with E-state index in [0.29, 0.717) is 0 Å². The summed E-state index contributed by atoms with van der Waals surface area (Å²) in [5.74, 6) is 1.47. The standard InChI is InChI=1S/C42H33N2S/c1-4-27(2)42(3)26-30-24-39-35(33-19-11-13-21-38(33)45-39)25-34(30)41-43(36-20-12-10-17-31(36)28-14-6-5-7-15-28)37-23-22-29-16-8-9-18-32(29)40(37)44(41)42/h4-25,27H,1,26H2,2-3H3/q+1. The fourth-order valence-corrected chi connectivity index (χ4v) is 8.89. The molecule has 3 heteroatoms. The molecule has 0 fully saturated rings. The topological polar surface area (TPSA) is 8.81 Å². The number of para-hydroxylation sites is 1. The monoisotopic (exact) mass is 597 g/mol. The molecule has 0 N–H and O–H groups in total. The van der Waals surface area contributed by atoms with E-state index in [1.54, 1.807) is 0 Å². The number of fused-ring (bicyclic) bond motifs is 10. The van der Waals surface area contributed by atoms with Crippen molar-refractivity contribution < 1.29 is 4.57 Å². The van der Waals surface area contributed by atoms with Gasteiger partial charge in [0.1, 0.15) is 11.2 Å². The van der Waals surface area contributed by atoms with Gasteiger partial charge in [-0.15, -0.1) is 17.9 Å². The third kappa shape index (κ3) is 3.71. The first kappa shape index (κ1) is 26.4. The number of benzene rings is 6. The molecule has 2 atom stereocenters. The second-order valence-corrected chi connectivity index (χ2v) is 13.8. The van der Waals surface area contributed by atoms with E-state index in [1.165, 1.54) is 75.7 Å².